The van der Waals surface area contributed by atoms with Crippen LogP contribution in [0.25, 0.3) is 0 Å². The van der Waals surface area contributed by atoms with Gasteiger partial charge in [0.05, 0.1) is 11.7 Å². The van der Waals surface area contributed by atoms with Crippen LogP contribution in [0.15, 0.2) is 48.7 Å². The van der Waals surface area contributed by atoms with Gasteiger partial charge in [-0.05, 0) is 57.7 Å². The zero-order chi connectivity index (χ0) is 21.7. The standard InChI is InChI=1S/C24H32N4O2/c1-17-9-8-14-25-20(17)21(18-10-6-5-7-11-18)26-22(29)19-12-15-28(16-13-19)23(30)27-24(2,3)4/h5-11,14,19,21H,12-13,15-16H2,1-4H3,(H,26,29)(H,27,30). The number of likely N-dealkylation sites (tertiary alicyclic amines) is 1. The van der Waals surface area contributed by atoms with E-state index in [0.717, 1.165) is 16.8 Å². The van der Waals surface area contributed by atoms with Crippen LogP contribution in [0.4, 0.5) is 4.79 Å². The lowest BCUT2D eigenvalue weighted by atomic mass is 9.94. The van der Waals surface area contributed by atoms with E-state index < -0.39 is 0 Å². The summed E-state index contributed by atoms with van der Waals surface area (Å²) in [6.45, 7) is 9.07. The first kappa shape index (κ1) is 21.8. The molecule has 0 spiro atoms. The van der Waals surface area contributed by atoms with Crippen molar-refractivity contribution in [3.05, 3.63) is 65.5 Å². The molecule has 1 saturated heterocycles. The molecule has 2 N–H and O–H groups in total. The van der Waals surface area contributed by atoms with Gasteiger partial charge in [-0.3, -0.25) is 9.78 Å². The molecule has 0 aliphatic carbocycles. The van der Waals surface area contributed by atoms with E-state index in [9.17, 15) is 9.59 Å². The number of nitrogens with one attached hydrogen (secondary N) is 2. The van der Waals surface area contributed by atoms with Gasteiger partial charge in [0.25, 0.3) is 0 Å². The number of hydrogen-bond donors (Lipinski definition) is 2. The van der Waals surface area contributed by atoms with Gasteiger partial charge in [0.1, 0.15) is 0 Å². The molecular formula is C24H32N4O2. The zero-order valence-electron chi connectivity index (χ0n) is 18.3. The van der Waals surface area contributed by atoms with Gasteiger partial charge in [-0.1, -0.05) is 36.4 Å². The second kappa shape index (κ2) is 9.28. The van der Waals surface area contributed by atoms with Crippen molar-refractivity contribution in [1.29, 1.82) is 0 Å². The number of carbonyl (C=O) groups excluding carboxylic acids is 2. The Bertz CT molecular complexity index is 868. The maximum absolute atomic E-state index is 13.1. The first-order chi connectivity index (χ1) is 14.2. The lowest BCUT2D eigenvalue weighted by molar-refractivity contribution is -0.126. The maximum Gasteiger partial charge on any atom is 0.317 e. The third-order valence-electron chi connectivity index (χ3n) is 5.38. The molecule has 6 heteroatoms. The maximum atomic E-state index is 13.1. The summed E-state index contributed by atoms with van der Waals surface area (Å²) >= 11 is 0. The number of urea groups is 1. The largest absolute Gasteiger partial charge is 0.343 e. The highest BCUT2D eigenvalue weighted by atomic mass is 16.2. The second-order valence-electron chi connectivity index (χ2n) is 9.00. The van der Waals surface area contributed by atoms with Crippen molar-refractivity contribution in [3.63, 3.8) is 0 Å². The van der Waals surface area contributed by atoms with Crippen LogP contribution in [0.5, 0.6) is 0 Å². The third kappa shape index (κ3) is 5.59. The van der Waals surface area contributed by atoms with E-state index in [1.54, 1.807) is 11.1 Å². The van der Waals surface area contributed by atoms with Crippen molar-refractivity contribution in [3.8, 4) is 0 Å². The molecule has 1 aromatic carbocycles. The minimum absolute atomic E-state index is 0.0183. The number of amides is 3. The molecule has 2 aromatic rings. The third-order valence-corrected chi connectivity index (χ3v) is 5.38. The van der Waals surface area contributed by atoms with Crippen LogP contribution in [-0.2, 0) is 4.79 Å². The highest BCUT2D eigenvalue weighted by molar-refractivity contribution is 5.80. The topological polar surface area (TPSA) is 74.3 Å². The fraction of sp³-hybridized carbons (Fsp3) is 0.458. The highest BCUT2D eigenvalue weighted by Crippen LogP contribution is 2.25. The van der Waals surface area contributed by atoms with Crippen LogP contribution in [-0.4, -0.2) is 40.5 Å². The summed E-state index contributed by atoms with van der Waals surface area (Å²) in [5, 5.41) is 6.21. The number of aryl methyl sites for hydroxylation is 1. The average Bonchev–Trinajstić information content (AvgIpc) is 2.72. The summed E-state index contributed by atoms with van der Waals surface area (Å²) < 4.78 is 0. The van der Waals surface area contributed by atoms with Crippen molar-refractivity contribution in [2.24, 2.45) is 5.92 Å². The molecule has 160 valence electrons. The molecule has 1 aromatic heterocycles. The Balaban J connectivity index is 1.67. The van der Waals surface area contributed by atoms with Crippen LogP contribution >= 0.6 is 0 Å². The van der Waals surface area contributed by atoms with Gasteiger partial charge in [0, 0.05) is 30.7 Å². The molecule has 0 bridgehead atoms. The van der Waals surface area contributed by atoms with Crippen molar-refractivity contribution < 1.29 is 9.59 Å². The second-order valence-corrected chi connectivity index (χ2v) is 9.00. The van der Waals surface area contributed by atoms with E-state index in [1.165, 1.54) is 0 Å². The van der Waals surface area contributed by atoms with Crippen LogP contribution in [0.2, 0.25) is 0 Å². The Morgan fingerprint density at radius 3 is 2.33 bits per heavy atom. The average molecular weight is 409 g/mol. The van der Waals surface area contributed by atoms with Crippen LogP contribution in [0, 0.1) is 12.8 Å². The molecule has 1 atom stereocenters. The Morgan fingerprint density at radius 2 is 1.73 bits per heavy atom. The fourth-order valence-corrected chi connectivity index (χ4v) is 3.76. The Kier molecular flexibility index (Phi) is 6.75. The summed E-state index contributed by atoms with van der Waals surface area (Å²) in [4.78, 5) is 31.8. The van der Waals surface area contributed by atoms with E-state index in [4.69, 9.17) is 0 Å². The van der Waals surface area contributed by atoms with Crippen LogP contribution < -0.4 is 10.6 Å². The Morgan fingerprint density at radius 1 is 1.07 bits per heavy atom. The number of aromatic nitrogens is 1. The van der Waals surface area contributed by atoms with Crippen molar-refractivity contribution in [1.82, 2.24) is 20.5 Å². The van der Waals surface area contributed by atoms with E-state index in [1.807, 2.05) is 70.2 Å². The summed E-state index contributed by atoms with van der Waals surface area (Å²) in [6, 6.07) is 13.5. The molecule has 1 aliphatic rings. The molecule has 1 aliphatic heterocycles. The molecule has 3 amide bonds. The Hall–Kier alpha value is -2.89. The first-order valence-electron chi connectivity index (χ1n) is 10.6. The van der Waals surface area contributed by atoms with Crippen LogP contribution in [0.3, 0.4) is 0 Å². The van der Waals surface area contributed by atoms with Gasteiger partial charge in [-0.15, -0.1) is 0 Å². The summed E-state index contributed by atoms with van der Waals surface area (Å²) in [5.41, 5.74) is 2.64. The highest BCUT2D eigenvalue weighted by Gasteiger charge is 2.30. The number of hydrogen-bond acceptors (Lipinski definition) is 3. The van der Waals surface area contributed by atoms with Crippen molar-refractivity contribution in [2.45, 2.75) is 52.1 Å². The van der Waals surface area contributed by atoms with Gasteiger partial charge < -0.3 is 15.5 Å². The normalized spacial score (nSPS) is 16.1. The summed E-state index contributed by atoms with van der Waals surface area (Å²) in [7, 11) is 0. The van der Waals surface area contributed by atoms with E-state index in [0.29, 0.717) is 25.9 Å². The van der Waals surface area contributed by atoms with Gasteiger partial charge in [-0.2, -0.15) is 0 Å². The minimum Gasteiger partial charge on any atom is -0.343 e. The number of pyridine rings is 1. The molecule has 0 radical (unpaired) electrons. The van der Waals surface area contributed by atoms with Gasteiger partial charge in [0.15, 0.2) is 0 Å². The van der Waals surface area contributed by atoms with Gasteiger partial charge in [0.2, 0.25) is 5.91 Å². The number of rotatable bonds is 4. The number of carbonyl (C=O) groups is 2. The van der Waals surface area contributed by atoms with E-state index in [2.05, 4.69) is 15.6 Å². The lowest BCUT2D eigenvalue weighted by Crippen LogP contribution is -2.51. The number of piperidine rings is 1. The monoisotopic (exact) mass is 408 g/mol. The van der Waals surface area contributed by atoms with E-state index in [-0.39, 0.29) is 29.4 Å². The molecule has 6 nitrogen and oxygen atoms in total. The molecule has 1 unspecified atom stereocenters. The predicted octanol–water partition coefficient (Wildman–Crippen LogP) is 3.82. The molecular weight excluding hydrogens is 376 g/mol. The fourth-order valence-electron chi connectivity index (χ4n) is 3.76. The quantitative estimate of drug-likeness (QED) is 0.808. The minimum atomic E-state index is -0.290. The molecule has 0 saturated carbocycles. The predicted molar refractivity (Wildman–Crippen MR) is 118 cm³/mol. The summed E-state index contributed by atoms with van der Waals surface area (Å²) in [6.07, 6.45) is 3.08. The van der Waals surface area contributed by atoms with Gasteiger partial charge >= 0.3 is 6.03 Å². The van der Waals surface area contributed by atoms with Crippen LogP contribution in [0.1, 0.15) is 56.5 Å². The van der Waals surface area contributed by atoms with Gasteiger partial charge in [-0.25, -0.2) is 4.79 Å². The number of benzene rings is 1. The molecule has 1 fully saturated rings. The molecule has 30 heavy (non-hydrogen) atoms. The summed E-state index contributed by atoms with van der Waals surface area (Å²) in [5.74, 6) is -0.0938. The molecule has 2 heterocycles. The number of nitrogens with zero attached hydrogens (tertiary/aromatic N) is 2. The van der Waals surface area contributed by atoms with E-state index >= 15 is 0 Å². The first-order valence-corrected chi connectivity index (χ1v) is 10.6. The SMILES string of the molecule is Cc1cccnc1C(NC(=O)C1CCN(C(=O)NC(C)(C)C)CC1)c1ccccc1. The van der Waals surface area contributed by atoms with Crippen molar-refractivity contribution in [2.75, 3.05) is 13.1 Å². The van der Waals surface area contributed by atoms with Crippen molar-refractivity contribution >= 4 is 11.9 Å². The molecule has 3 rings (SSSR count). The lowest BCUT2D eigenvalue weighted by Gasteiger charge is -2.34. The Labute approximate surface area is 179 Å². The smallest absolute Gasteiger partial charge is 0.317 e. The zero-order valence-corrected chi connectivity index (χ0v) is 18.3.